The zero-order valence-electron chi connectivity index (χ0n) is 28.7. The summed E-state index contributed by atoms with van der Waals surface area (Å²) in [7, 11) is 0. The third-order valence-corrected chi connectivity index (χ3v) is 10.1. The Balaban J connectivity index is 1.20. The average Bonchev–Trinajstić information content (AvgIpc) is 2.89. The van der Waals surface area contributed by atoms with E-state index in [0.29, 0.717) is 6.42 Å². The fourth-order valence-electron chi connectivity index (χ4n) is 8.59. The second-order valence-corrected chi connectivity index (χ2v) is 16.5. The molecule has 0 N–H and O–H groups in total. The second kappa shape index (κ2) is 14.0. The van der Waals surface area contributed by atoms with E-state index in [9.17, 15) is 9.59 Å². The highest BCUT2D eigenvalue weighted by Gasteiger charge is 2.50. The van der Waals surface area contributed by atoms with Gasteiger partial charge in [-0.15, -0.1) is 0 Å². The molecule has 0 aromatic carbocycles. The maximum Gasteiger partial charge on any atom is 0.306 e. The predicted octanol–water partition coefficient (Wildman–Crippen LogP) is 7.81. The lowest BCUT2D eigenvalue weighted by atomic mass is 9.80. The number of hydrogen-bond acceptors (Lipinski definition) is 8. The van der Waals surface area contributed by atoms with Crippen molar-refractivity contribution in [2.45, 2.75) is 211 Å². The molecule has 0 aromatic heterocycles. The first-order valence-electron chi connectivity index (χ1n) is 17.4. The molecule has 2 heterocycles. The molecule has 0 bridgehead atoms. The van der Waals surface area contributed by atoms with Crippen LogP contribution < -0.4 is 0 Å². The van der Waals surface area contributed by atoms with Gasteiger partial charge in [0.25, 0.3) is 0 Å². The maximum absolute atomic E-state index is 12.8. The molecule has 0 atom stereocenters. The molecule has 2 aliphatic carbocycles. The lowest BCUT2D eigenvalue weighted by Gasteiger charge is -2.54. The number of esters is 2. The van der Waals surface area contributed by atoms with Gasteiger partial charge in [-0.05, 0) is 87.5 Å². The van der Waals surface area contributed by atoms with Crippen LogP contribution in [0.3, 0.4) is 0 Å². The zero-order valence-corrected chi connectivity index (χ0v) is 28.7. The predicted molar refractivity (Wildman–Crippen MR) is 168 cm³/mol. The van der Waals surface area contributed by atoms with Crippen LogP contribution >= 0.6 is 0 Å². The van der Waals surface area contributed by atoms with Gasteiger partial charge >= 0.3 is 11.9 Å². The van der Waals surface area contributed by atoms with E-state index < -0.39 is 0 Å². The highest BCUT2D eigenvalue weighted by molar-refractivity contribution is 5.72. The van der Waals surface area contributed by atoms with Gasteiger partial charge < -0.3 is 9.47 Å². The molecule has 43 heavy (non-hydrogen) atoms. The summed E-state index contributed by atoms with van der Waals surface area (Å²) in [5.41, 5.74) is -0.974. The van der Waals surface area contributed by atoms with E-state index in [2.05, 4.69) is 65.5 Å². The van der Waals surface area contributed by atoms with Crippen LogP contribution in [0.15, 0.2) is 0 Å². The molecule has 2 saturated heterocycles. The summed E-state index contributed by atoms with van der Waals surface area (Å²) in [4.78, 5) is 38.8. The molecule has 2 saturated carbocycles. The molecular weight excluding hydrogens is 544 g/mol. The van der Waals surface area contributed by atoms with Gasteiger partial charge in [0.15, 0.2) is 0 Å². The molecule has 2 aliphatic heterocycles. The van der Waals surface area contributed by atoms with Crippen molar-refractivity contribution >= 4 is 11.9 Å². The number of nitrogens with zero attached hydrogens (tertiary/aromatic N) is 2. The summed E-state index contributed by atoms with van der Waals surface area (Å²) in [5, 5.41) is 4.37. The van der Waals surface area contributed by atoms with Gasteiger partial charge in [-0.3, -0.25) is 19.3 Å². The van der Waals surface area contributed by atoms with Gasteiger partial charge in [0, 0.05) is 60.7 Å². The average molecular weight is 607 g/mol. The van der Waals surface area contributed by atoms with Crippen molar-refractivity contribution in [1.82, 2.24) is 10.1 Å². The Labute approximate surface area is 261 Å². The van der Waals surface area contributed by atoms with Gasteiger partial charge in [-0.2, -0.15) is 10.1 Å². The Hall–Kier alpha value is -1.22. The number of hydroxylamine groups is 4. The highest BCUT2D eigenvalue weighted by atomic mass is 16.7. The van der Waals surface area contributed by atoms with Crippen molar-refractivity contribution < 1.29 is 28.7 Å². The molecule has 0 aromatic rings. The molecule has 8 nitrogen and oxygen atoms in total. The van der Waals surface area contributed by atoms with Gasteiger partial charge in [-0.25, -0.2) is 0 Å². The first-order chi connectivity index (χ1) is 20.1. The number of ether oxygens (including phenoxy) is 2. The third kappa shape index (κ3) is 9.40. The SMILES string of the molecule is CC1(C)CC(OC(=O)CCCC(=O)OC2CC(C)(C)N(OC3CCCCC3)C(C)(C)C2)CC(C)(C)N1OC1CCCCC1. The minimum Gasteiger partial charge on any atom is -0.462 e. The number of carbonyl (C=O) groups excluding carboxylic acids is 2. The van der Waals surface area contributed by atoms with Crippen molar-refractivity contribution in [3.8, 4) is 0 Å². The molecular formula is C35H62N2O6. The van der Waals surface area contributed by atoms with E-state index in [-0.39, 0.29) is 71.4 Å². The third-order valence-electron chi connectivity index (χ3n) is 10.1. The lowest BCUT2D eigenvalue weighted by Crippen LogP contribution is -2.63. The van der Waals surface area contributed by atoms with Gasteiger partial charge in [0.1, 0.15) is 12.2 Å². The van der Waals surface area contributed by atoms with Crippen molar-refractivity contribution in [2.75, 3.05) is 0 Å². The number of carbonyl (C=O) groups is 2. The molecule has 8 heteroatoms. The monoisotopic (exact) mass is 606 g/mol. The quantitative estimate of drug-likeness (QED) is 0.233. The van der Waals surface area contributed by atoms with E-state index in [4.69, 9.17) is 19.1 Å². The lowest BCUT2D eigenvalue weighted by molar-refractivity contribution is -0.318. The van der Waals surface area contributed by atoms with Crippen molar-refractivity contribution in [3.05, 3.63) is 0 Å². The van der Waals surface area contributed by atoms with Gasteiger partial charge in [0.05, 0.1) is 12.2 Å². The molecule has 4 fully saturated rings. The van der Waals surface area contributed by atoms with Crippen molar-refractivity contribution in [2.24, 2.45) is 0 Å². The van der Waals surface area contributed by atoms with Crippen LogP contribution in [0, 0.1) is 0 Å². The van der Waals surface area contributed by atoms with E-state index in [0.717, 1.165) is 51.4 Å². The molecule has 4 rings (SSSR count). The van der Waals surface area contributed by atoms with Crippen LogP contribution in [0.25, 0.3) is 0 Å². The molecule has 0 amide bonds. The van der Waals surface area contributed by atoms with Crippen LogP contribution in [-0.2, 0) is 28.7 Å². The summed E-state index contributed by atoms with van der Waals surface area (Å²) in [5.74, 6) is -0.469. The molecule has 248 valence electrons. The fraction of sp³-hybridized carbons (Fsp3) is 0.943. The Kier molecular flexibility index (Phi) is 11.3. The number of hydrogen-bond donors (Lipinski definition) is 0. The fourth-order valence-corrected chi connectivity index (χ4v) is 8.59. The van der Waals surface area contributed by atoms with Crippen LogP contribution in [0.5, 0.6) is 0 Å². The number of piperidine rings is 2. The summed E-state index contributed by atoms with van der Waals surface area (Å²) < 4.78 is 11.9. The largest absolute Gasteiger partial charge is 0.462 e. The van der Waals surface area contributed by atoms with Crippen LogP contribution in [0.2, 0.25) is 0 Å². The van der Waals surface area contributed by atoms with Gasteiger partial charge in [-0.1, -0.05) is 38.5 Å². The summed E-state index contributed by atoms with van der Waals surface area (Å²) in [6.45, 7) is 17.5. The van der Waals surface area contributed by atoms with Crippen molar-refractivity contribution in [1.29, 1.82) is 0 Å². The molecule has 0 unspecified atom stereocenters. The highest BCUT2D eigenvalue weighted by Crippen LogP contribution is 2.43. The topological polar surface area (TPSA) is 77.5 Å². The first-order valence-corrected chi connectivity index (χ1v) is 17.4. The molecule has 4 aliphatic rings. The van der Waals surface area contributed by atoms with E-state index >= 15 is 0 Å². The summed E-state index contributed by atoms with van der Waals surface area (Å²) in [6, 6.07) is 0. The van der Waals surface area contributed by atoms with Crippen LogP contribution in [0.4, 0.5) is 0 Å². The van der Waals surface area contributed by atoms with Crippen molar-refractivity contribution in [3.63, 3.8) is 0 Å². The Morgan fingerprint density at radius 3 is 1.12 bits per heavy atom. The van der Waals surface area contributed by atoms with Crippen LogP contribution in [0.1, 0.15) is 165 Å². The first kappa shape index (κ1) is 34.6. The number of rotatable bonds is 10. The zero-order chi connectivity index (χ0) is 31.5. The van der Waals surface area contributed by atoms with E-state index in [1.165, 1.54) is 38.5 Å². The molecule has 0 spiro atoms. The maximum atomic E-state index is 12.8. The smallest absolute Gasteiger partial charge is 0.306 e. The minimum atomic E-state index is -0.244. The molecule has 0 radical (unpaired) electrons. The normalized spacial score (nSPS) is 27.5. The Morgan fingerprint density at radius 2 is 0.814 bits per heavy atom. The van der Waals surface area contributed by atoms with Crippen LogP contribution in [-0.4, -0.2) is 68.6 Å². The summed E-state index contributed by atoms with van der Waals surface area (Å²) in [6.07, 6.45) is 16.0. The Morgan fingerprint density at radius 1 is 0.512 bits per heavy atom. The minimum absolute atomic E-state index is 0.166. The van der Waals surface area contributed by atoms with Gasteiger partial charge in [0.2, 0.25) is 0 Å². The van der Waals surface area contributed by atoms with E-state index in [1.807, 2.05) is 0 Å². The standard InChI is InChI=1S/C35H62N2O6/c1-32(2)22-28(23-33(3,4)36(32)42-26-16-11-9-12-17-26)40-30(38)20-15-21-31(39)41-29-24-34(5,6)37(35(7,8)25-29)43-27-18-13-10-14-19-27/h26-29H,9-25H2,1-8H3. The van der Waals surface area contributed by atoms with E-state index in [1.54, 1.807) is 0 Å². The summed E-state index contributed by atoms with van der Waals surface area (Å²) >= 11 is 0. The Bertz CT molecular complexity index is 825. The second-order valence-electron chi connectivity index (χ2n) is 16.5.